The molecule has 0 aliphatic carbocycles. The van der Waals surface area contributed by atoms with E-state index in [2.05, 4.69) is 41.7 Å². The molecule has 3 nitrogen and oxygen atoms in total. The van der Waals surface area contributed by atoms with Crippen molar-refractivity contribution in [2.24, 2.45) is 0 Å². The number of amides is 1. The van der Waals surface area contributed by atoms with Crippen LogP contribution in [0, 0.1) is 0 Å². The minimum Gasteiger partial charge on any atom is -0.380 e. The summed E-state index contributed by atoms with van der Waals surface area (Å²) in [6, 6.07) is 26.0. The number of ether oxygens (including phenoxy) is 1. The van der Waals surface area contributed by atoms with Crippen LogP contribution in [-0.4, -0.2) is 13.0 Å². The number of methoxy groups -OCH3 is 1. The third kappa shape index (κ3) is 4.38. The van der Waals surface area contributed by atoms with E-state index in [9.17, 15) is 4.79 Å². The summed E-state index contributed by atoms with van der Waals surface area (Å²) >= 11 is 0. The zero-order chi connectivity index (χ0) is 18.4. The third-order valence-corrected chi connectivity index (χ3v) is 4.37. The smallest absolute Gasteiger partial charge is 0.251 e. The molecule has 26 heavy (non-hydrogen) atoms. The number of hydrogen-bond acceptors (Lipinski definition) is 2. The van der Waals surface area contributed by atoms with Crippen LogP contribution < -0.4 is 5.32 Å². The van der Waals surface area contributed by atoms with Crippen molar-refractivity contribution in [2.75, 3.05) is 7.11 Å². The van der Waals surface area contributed by atoms with Gasteiger partial charge >= 0.3 is 0 Å². The molecule has 0 aliphatic rings. The van der Waals surface area contributed by atoms with E-state index in [4.69, 9.17) is 4.74 Å². The summed E-state index contributed by atoms with van der Waals surface area (Å²) in [5.41, 5.74) is 5.06. The molecule has 132 valence electrons. The minimum absolute atomic E-state index is 0.0709. The molecule has 0 heterocycles. The largest absolute Gasteiger partial charge is 0.380 e. The molecule has 1 amide bonds. The van der Waals surface area contributed by atoms with Crippen LogP contribution in [0.1, 0.15) is 34.5 Å². The SMILES string of the molecule is COCc1cccc(C(=O)NC(C)c2ccc(-c3ccccc3)cc2)c1. The van der Waals surface area contributed by atoms with E-state index < -0.39 is 0 Å². The van der Waals surface area contributed by atoms with E-state index in [0.29, 0.717) is 12.2 Å². The number of rotatable bonds is 6. The number of nitrogens with one attached hydrogen (secondary N) is 1. The lowest BCUT2D eigenvalue weighted by atomic mass is 10.0. The summed E-state index contributed by atoms with van der Waals surface area (Å²) in [6.45, 7) is 2.49. The van der Waals surface area contributed by atoms with Gasteiger partial charge in [0.05, 0.1) is 12.6 Å². The summed E-state index contributed by atoms with van der Waals surface area (Å²) in [6.07, 6.45) is 0. The van der Waals surface area contributed by atoms with Crippen molar-refractivity contribution < 1.29 is 9.53 Å². The van der Waals surface area contributed by atoms with Crippen molar-refractivity contribution in [3.05, 3.63) is 95.6 Å². The summed E-state index contributed by atoms with van der Waals surface area (Å²) in [4.78, 5) is 12.5. The second-order valence-corrected chi connectivity index (χ2v) is 6.32. The molecular formula is C23H23NO2. The molecule has 0 fully saturated rings. The van der Waals surface area contributed by atoms with Crippen LogP contribution in [0.15, 0.2) is 78.9 Å². The molecule has 0 aliphatic heterocycles. The zero-order valence-electron chi connectivity index (χ0n) is 15.1. The van der Waals surface area contributed by atoms with E-state index in [-0.39, 0.29) is 11.9 Å². The fraction of sp³-hybridized carbons (Fsp3) is 0.174. The lowest BCUT2D eigenvalue weighted by Gasteiger charge is -2.15. The maximum absolute atomic E-state index is 12.5. The predicted molar refractivity (Wildman–Crippen MR) is 105 cm³/mol. The number of hydrogen-bond donors (Lipinski definition) is 1. The highest BCUT2D eigenvalue weighted by molar-refractivity contribution is 5.94. The molecule has 1 unspecified atom stereocenters. The maximum atomic E-state index is 12.5. The topological polar surface area (TPSA) is 38.3 Å². The molecule has 0 spiro atoms. The summed E-state index contributed by atoms with van der Waals surface area (Å²) in [5, 5.41) is 3.06. The molecule has 3 aromatic carbocycles. The molecule has 3 aromatic rings. The van der Waals surface area contributed by atoms with Gasteiger partial charge in [-0.15, -0.1) is 0 Å². The van der Waals surface area contributed by atoms with E-state index >= 15 is 0 Å². The van der Waals surface area contributed by atoms with Gasteiger partial charge < -0.3 is 10.1 Å². The van der Waals surface area contributed by atoms with Gasteiger partial charge in [-0.05, 0) is 41.3 Å². The molecule has 1 N–H and O–H groups in total. The Morgan fingerprint density at radius 3 is 2.31 bits per heavy atom. The van der Waals surface area contributed by atoms with Crippen molar-refractivity contribution in [2.45, 2.75) is 19.6 Å². The Hall–Kier alpha value is -2.91. The van der Waals surface area contributed by atoms with E-state index in [1.54, 1.807) is 7.11 Å². The molecule has 0 radical (unpaired) electrons. The standard InChI is InChI=1S/C23H23NO2/c1-17(24-23(25)22-10-6-7-18(15-22)16-26-2)19-11-13-21(14-12-19)20-8-4-3-5-9-20/h3-15,17H,16H2,1-2H3,(H,24,25). The summed E-state index contributed by atoms with van der Waals surface area (Å²) in [5.74, 6) is -0.0809. The van der Waals surface area contributed by atoms with Crippen LogP contribution in [0.3, 0.4) is 0 Å². The first-order valence-corrected chi connectivity index (χ1v) is 8.71. The van der Waals surface area contributed by atoms with Crippen molar-refractivity contribution in [3.63, 3.8) is 0 Å². The maximum Gasteiger partial charge on any atom is 0.251 e. The first-order valence-electron chi connectivity index (χ1n) is 8.71. The zero-order valence-corrected chi connectivity index (χ0v) is 15.1. The molecule has 0 saturated heterocycles. The van der Waals surface area contributed by atoms with Gasteiger partial charge in [-0.1, -0.05) is 66.7 Å². The quantitative estimate of drug-likeness (QED) is 0.683. The fourth-order valence-corrected chi connectivity index (χ4v) is 2.93. The second kappa shape index (κ2) is 8.45. The Kier molecular flexibility index (Phi) is 5.82. The highest BCUT2D eigenvalue weighted by atomic mass is 16.5. The minimum atomic E-state index is -0.0809. The second-order valence-electron chi connectivity index (χ2n) is 6.32. The summed E-state index contributed by atoms with van der Waals surface area (Å²) in [7, 11) is 1.65. The van der Waals surface area contributed by atoms with Gasteiger partial charge in [0.1, 0.15) is 0 Å². The lowest BCUT2D eigenvalue weighted by molar-refractivity contribution is 0.0939. The first kappa shape index (κ1) is 17.9. The van der Waals surface area contributed by atoms with Gasteiger partial charge in [0, 0.05) is 12.7 Å². The Balaban J connectivity index is 1.68. The third-order valence-electron chi connectivity index (χ3n) is 4.37. The van der Waals surface area contributed by atoms with Crippen LogP contribution >= 0.6 is 0 Å². The molecule has 0 bridgehead atoms. The van der Waals surface area contributed by atoms with E-state index in [0.717, 1.165) is 11.1 Å². The highest BCUT2D eigenvalue weighted by Crippen LogP contribution is 2.22. The molecule has 3 rings (SSSR count). The lowest BCUT2D eigenvalue weighted by Crippen LogP contribution is -2.26. The Bertz CT molecular complexity index is 857. The highest BCUT2D eigenvalue weighted by Gasteiger charge is 2.12. The first-order chi connectivity index (χ1) is 12.7. The predicted octanol–water partition coefficient (Wildman–Crippen LogP) is 4.99. The summed E-state index contributed by atoms with van der Waals surface area (Å²) < 4.78 is 5.13. The normalized spacial score (nSPS) is 11.8. The molecule has 0 saturated carbocycles. The Morgan fingerprint density at radius 2 is 1.62 bits per heavy atom. The van der Waals surface area contributed by atoms with Crippen molar-refractivity contribution in [1.29, 1.82) is 0 Å². The number of benzene rings is 3. The van der Waals surface area contributed by atoms with Gasteiger partial charge in [-0.25, -0.2) is 0 Å². The van der Waals surface area contributed by atoms with Crippen LogP contribution in [0.5, 0.6) is 0 Å². The molecule has 3 heteroatoms. The van der Waals surface area contributed by atoms with E-state index in [1.807, 2.05) is 49.4 Å². The van der Waals surface area contributed by atoms with E-state index in [1.165, 1.54) is 11.1 Å². The molecule has 0 aromatic heterocycles. The van der Waals surface area contributed by atoms with Gasteiger partial charge in [-0.3, -0.25) is 4.79 Å². The average Bonchev–Trinajstić information content (AvgIpc) is 2.69. The average molecular weight is 345 g/mol. The molecule has 1 atom stereocenters. The Morgan fingerprint density at radius 1 is 0.923 bits per heavy atom. The van der Waals surface area contributed by atoms with Crippen LogP contribution in [0.2, 0.25) is 0 Å². The van der Waals surface area contributed by atoms with Crippen LogP contribution in [0.4, 0.5) is 0 Å². The number of carbonyl (C=O) groups excluding carboxylic acids is 1. The van der Waals surface area contributed by atoms with Crippen molar-refractivity contribution >= 4 is 5.91 Å². The Labute approximate surface area is 154 Å². The van der Waals surface area contributed by atoms with Crippen molar-refractivity contribution in [3.8, 4) is 11.1 Å². The monoisotopic (exact) mass is 345 g/mol. The fourth-order valence-electron chi connectivity index (χ4n) is 2.93. The van der Waals surface area contributed by atoms with Gasteiger partial charge in [-0.2, -0.15) is 0 Å². The van der Waals surface area contributed by atoms with Crippen LogP contribution in [0.25, 0.3) is 11.1 Å². The number of carbonyl (C=O) groups is 1. The molecular weight excluding hydrogens is 322 g/mol. The van der Waals surface area contributed by atoms with Crippen LogP contribution in [-0.2, 0) is 11.3 Å². The van der Waals surface area contributed by atoms with Crippen molar-refractivity contribution in [1.82, 2.24) is 5.32 Å². The van der Waals surface area contributed by atoms with Gasteiger partial charge in [0.25, 0.3) is 5.91 Å². The van der Waals surface area contributed by atoms with Gasteiger partial charge in [0.15, 0.2) is 0 Å². The van der Waals surface area contributed by atoms with Gasteiger partial charge in [0.2, 0.25) is 0 Å².